The second kappa shape index (κ2) is 10.9. The van der Waals surface area contributed by atoms with Crippen molar-refractivity contribution in [2.75, 3.05) is 12.4 Å². The van der Waals surface area contributed by atoms with E-state index in [1.165, 1.54) is 37.5 Å². The highest BCUT2D eigenvalue weighted by atomic mass is 79.9. The van der Waals surface area contributed by atoms with E-state index in [1.54, 1.807) is 18.2 Å². The number of hydrogen-bond donors (Lipinski definition) is 1. The molecule has 0 aliphatic rings. The van der Waals surface area contributed by atoms with Gasteiger partial charge in [0.1, 0.15) is 18.2 Å². The lowest BCUT2D eigenvalue weighted by atomic mass is 10.1. The third-order valence-corrected chi connectivity index (χ3v) is 5.29. The predicted molar refractivity (Wildman–Crippen MR) is 127 cm³/mol. The number of anilines is 1. The van der Waals surface area contributed by atoms with Crippen molar-refractivity contribution in [3.8, 4) is 17.6 Å². The van der Waals surface area contributed by atoms with Crippen LogP contribution in [0, 0.1) is 21.4 Å². The fourth-order valence-electron chi connectivity index (χ4n) is 2.88. The maximum Gasteiger partial charge on any atom is 0.271 e. The summed E-state index contributed by atoms with van der Waals surface area (Å²) in [5.41, 5.74) is 1.38. The van der Waals surface area contributed by atoms with Gasteiger partial charge in [-0.25, -0.2) is 0 Å². The molecule has 166 valence electrons. The van der Waals surface area contributed by atoms with Crippen LogP contribution in [-0.2, 0) is 11.4 Å². The molecule has 0 saturated heterocycles. The van der Waals surface area contributed by atoms with Crippen LogP contribution in [0.3, 0.4) is 0 Å². The van der Waals surface area contributed by atoms with Crippen LogP contribution < -0.4 is 14.8 Å². The Hall–Kier alpha value is -4.16. The number of rotatable bonds is 8. The standard InChI is InChI=1S/C24H18BrN3O5/c1-32-23-12-16(9-10-22(23)33-15-17-5-2-3-8-21(17)25)11-18(14-26)24(29)27-19-6-4-7-20(13-19)28(30)31/h2-13H,15H2,1H3,(H,27,29)/b18-11+. The zero-order valence-electron chi connectivity index (χ0n) is 17.4. The summed E-state index contributed by atoms with van der Waals surface area (Å²) in [5.74, 6) is 0.253. The zero-order valence-corrected chi connectivity index (χ0v) is 19.0. The van der Waals surface area contributed by atoms with Crippen LogP contribution in [0.5, 0.6) is 11.5 Å². The minimum absolute atomic E-state index is 0.168. The number of nitro groups is 1. The average molecular weight is 508 g/mol. The highest BCUT2D eigenvalue weighted by Gasteiger charge is 2.13. The summed E-state index contributed by atoms with van der Waals surface area (Å²) in [4.78, 5) is 22.8. The molecule has 3 rings (SSSR count). The molecule has 0 heterocycles. The van der Waals surface area contributed by atoms with Gasteiger partial charge in [-0.2, -0.15) is 5.26 Å². The molecule has 0 aliphatic heterocycles. The Morgan fingerprint density at radius 3 is 2.64 bits per heavy atom. The van der Waals surface area contributed by atoms with E-state index < -0.39 is 10.8 Å². The Kier molecular flexibility index (Phi) is 7.78. The van der Waals surface area contributed by atoms with Crippen LogP contribution in [0.2, 0.25) is 0 Å². The molecule has 0 aromatic heterocycles. The van der Waals surface area contributed by atoms with Gasteiger partial charge in [-0.15, -0.1) is 0 Å². The Labute approximate surface area is 198 Å². The van der Waals surface area contributed by atoms with Crippen molar-refractivity contribution in [2.24, 2.45) is 0 Å². The van der Waals surface area contributed by atoms with Gasteiger partial charge in [0, 0.05) is 27.9 Å². The molecule has 0 fully saturated rings. The molecule has 9 heteroatoms. The fraction of sp³-hybridized carbons (Fsp3) is 0.0833. The van der Waals surface area contributed by atoms with Gasteiger partial charge < -0.3 is 14.8 Å². The lowest BCUT2D eigenvalue weighted by molar-refractivity contribution is -0.384. The van der Waals surface area contributed by atoms with Crippen molar-refractivity contribution in [3.63, 3.8) is 0 Å². The molecular formula is C24H18BrN3O5. The van der Waals surface area contributed by atoms with Crippen LogP contribution >= 0.6 is 15.9 Å². The fourth-order valence-corrected chi connectivity index (χ4v) is 3.27. The van der Waals surface area contributed by atoms with E-state index in [-0.39, 0.29) is 16.9 Å². The van der Waals surface area contributed by atoms with Crippen molar-refractivity contribution in [1.29, 1.82) is 5.26 Å². The Bertz CT molecular complexity index is 1270. The minimum atomic E-state index is -0.689. The first-order valence-corrected chi connectivity index (χ1v) is 10.4. The van der Waals surface area contributed by atoms with Crippen LogP contribution in [0.25, 0.3) is 6.08 Å². The van der Waals surface area contributed by atoms with Crippen molar-refractivity contribution in [1.82, 2.24) is 0 Å². The first-order valence-electron chi connectivity index (χ1n) is 9.63. The van der Waals surface area contributed by atoms with Gasteiger partial charge in [0.05, 0.1) is 12.0 Å². The summed E-state index contributed by atoms with van der Waals surface area (Å²) in [6, 6.07) is 20.0. The van der Waals surface area contributed by atoms with Crippen LogP contribution in [0.15, 0.2) is 76.8 Å². The van der Waals surface area contributed by atoms with E-state index in [1.807, 2.05) is 30.3 Å². The molecule has 3 aromatic carbocycles. The normalized spacial score (nSPS) is 10.8. The largest absolute Gasteiger partial charge is 0.493 e. The average Bonchev–Trinajstić information content (AvgIpc) is 2.82. The van der Waals surface area contributed by atoms with E-state index in [2.05, 4.69) is 21.2 Å². The van der Waals surface area contributed by atoms with Crippen LogP contribution in [0.1, 0.15) is 11.1 Å². The highest BCUT2D eigenvalue weighted by Crippen LogP contribution is 2.30. The molecule has 0 saturated carbocycles. The number of nitro benzene ring substituents is 1. The van der Waals surface area contributed by atoms with E-state index in [4.69, 9.17) is 9.47 Å². The summed E-state index contributed by atoms with van der Waals surface area (Å²) in [6.07, 6.45) is 1.40. The summed E-state index contributed by atoms with van der Waals surface area (Å²) in [6.45, 7) is 0.321. The molecule has 0 atom stereocenters. The minimum Gasteiger partial charge on any atom is -0.493 e. The number of non-ortho nitro benzene ring substituents is 1. The lowest BCUT2D eigenvalue weighted by Crippen LogP contribution is -2.13. The number of nitriles is 1. The highest BCUT2D eigenvalue weighted by molar-refractivity contribution is 9.10. The maximum absolute atomic E-state index is 12.5. The number of benzene rings is 3. The zero-order chi connectivity index (χ0) is 23.8. The van der Waals surface area contributed by atoms with Crippen LogP contribution in [-0.4, -0.2) is 17.9 Å². The third-order valence-electron chi connectivity index (χ3n) is 4.52. The molecule has 3 aromatic rings. The molecule has 0 aliphatic carbocycles. The van der Waals surface area contributed by atoms with Gasteiger partial charge in [0.2, 0.25) is 0 Å². The molecule has 33 heavy (non-hydrogen) atoms. The number of nitrogens with one attached hydrogen (secondary N) is 1. The molecule has 8 nitrogen and oxygen atoms in total. The maximum atomic E-state index is 12.5. The monoisotopic (exact) mass is 507 g/mol. The molecule has 1 N–H and O–H groups in total. The first-order chi connectivity index (χ1) is 15.9. The predicted octanol–water partition coefficient (Wildman–Crippen LogP) is 5.49. The summed E-state index contributed by atoms with van der Waals surface area (Å²) >= 11 is 3.48. The number of carbonyl (C=O) groups excluding carboxylic acids is 1. The van der Waals surface area contributed by atoms with Crippen molar-refractivity contribution < 1.29 is 19.2 Å². The summed E-state index contributed by atoms with van der Waals surface area (Å²) in [7, 11) is 1.49. The number of methoxy groups -OCH3 is 1. The molecule has 0 bridgehead atoms. The Morgan fingerprint density at radius 2 is 1.94 bits per heavy atom. The number of ether oxygens (including phenoxy) is 2. The first kappa shape index (κ1) is 23.5. The lowest BCUT2D eigenvalue weighted by Gasteiger charge is -2.12. The van der Waals surface area contributed by atoms with Crippen molar-refractivity contribution >= 4 is 39.3 Å². The Balaban J connectivity index is 1.77. The Morgan fingerprint density at radius 1 is 1.15 bits per heavy atom. The van der Waals surface area contributed by atoms with Gasteiger partial charge in [-0.3, -0.25) is 14.9 Å². The van der Waals surface area contributed by atoms with Gasteiger partial charge in [-0.1, -0.05) is 46.3 Å². The van der Waals surface area contributed by atoms with Crippen molar-refractivity contribution in [3.05, 3.63) is 98.0 Å². The van der Waals surface area contributed by atoms with Gasteiger partial charge in [-0.05, 0) is 35.9 Å². The SMILES string of the molecule is COc1cc(/C=C(\C#N)C(=O)Nc2cccc([N+](=O)[O-])c2)ccc1OCc1ccccc1Br. The topological polar surface area (TPSA) is 114 Å². The van der Waals surface area contributed by atoms with E-state index in [9.17, 15) is 20.2 Å². The third kappa shape index (κ3) is 6.18. The van der Waals surface area contributed by atoms with E-state index in [0.717, 1.165) is 10.0 Å². The number of carbonyl (C=O) groups is 1. The summed E-state index contributed by atoms with van der Waals surface area (Å²) < 4.78 is 12.2. The molecular weight excluding hydrogens is 490 g/mol. The van der Waals surface area contributed by atoms with Gasteiger partial charge in [0.25, 0.3) is 11.6 Å². The molecule has 0 spiro atoms. The molecule has 1 amide bonds. The number of amides is 1. The van der Waals surface area contributed by atoms with Crippen molar-refractivity contribution in [2.45, 2.75) is 6.61 Å². The van der Waals surface area contributed by atoms with Gasteiger partial charge in [0.15, 0.2) is 11.5 Å². The molecule has 0 unspecified atom stereocenters. The number of hydrogen-bond acceptors (Lipinski definition) is 6. The number of nitrogens with zero attached hydrogens (tertiary/aromatic N) is 2. The molecule has 0 radical (unpaired) electrons. The smallest absolute Gasteiger partial charge is 0.271 e. The van der Waals surface area contributed by atoms with E-state index in [0.29, 0.717) is 23.7 Å². The second-order valence-corrected chi connectivity index (χ2v) is 7.58. The van der Waals surface area contributed by atoms with Gasteiger partial charge >= 0.3 is 0 Å². The van der Waals surface area contributed by atoms with Crippen LogP contribution in [0.4, 0.5) is 11.4 Å². The quantitative estimate of drug-likeness (QED) is 0.186. The second-order valence-electron chi connectivity index (χ2n) is 6.72. The number of halogens is 1. The summed E-state index contributed by atoms with van der Waals surface area (Å²) in [5, 5.41) is 22.9. The van der Waals surface area contributed by atoms with E-state index >= 15 is 0 Å².